The average molecular weight is 494 g/mol. The van der Waals surface area contributed by atoms with Gasteiger partial charge in [0, 0.05) is 17.3 Å². The van der Waals surface area contributed by atoms with Crippen molar-refractivity contribution in [3.63, 3.8) is 0 Å². The number of benzene rings is 3. The summed E-state index contributed by atoms with van der Waals surface area (Å²) >= 11 is 6.11. The molecule has 0 bridgehead atoms. The number of rotatable bonds is 8. The fourth-order valence-corrected chi connectivity index (χ4v) is 4.80. The van der Waals surface area contributed by atoms with Crippen LogP contribution in [0.5, 0.6) is 5.75 Å². The van der Waals surface area contributed by atoms with Crippen molar-refractivity contribution in [2.24, 2.45) is 0 Å². The smallest absolute Gasteiger partial charge is 0.236 e. The lowest BCUT2D eigenvalue weighted by atomic mass is 10.1. The first-order valence-corrected chi connectivity index (χ1v) is 12.3. The first kappa shape index (κ1) is 23.5. The lowest BCUT2D eigenvalue weighted by molar-refractivity contribution is 0.416. The molecule has 0 atom stereocenters. The summed E-state index contributed by atoms with van der Waals surface area (Å²) in [6, 6.07) is 21.4. The third-order valence-electron chi connectivity index (χ3n) is 4.90. The third kappa shape index (κ3) is 5.84. The highest BCUT2D eigenvalue weighted by atomic mass is 35.5. The number of aromatic nitrogens is 2. The Morgan fingerprint density at radius 2 is 1.82 bits per heavy atom. The Kier molecular flexibility index (Phi) is 7.00. The molecule has 4 aromatic rings. The van der Waals surface area contributed by atoms with Crippen molar-refractivity contribution in [2.75, 3.05) is 17.1 Å². The van der Waals surface area contributed by atoms with Gasteiger partial charge in [-0.25, -0.2) is 18.4 Å². The molecule has 0 fully saturated rings. The normalized spacial score (nSPS) is 11.1. The highest BCUT2D eigenvalue weighted by Crippen LogP contribution is 2.30. The van der Waals surface area contributed by atoms with Gasteiger partial charge >= 0.3 is 0 Å². The standard InChI is InChI=1S/C25H22ClN4O3S/c1-17-10-11-21(26)23(12-17)30-34(31,32)15-18-6-5-7-19(13-18)29-25-14-22(27-16-28-25)20-8-3-4-9-24(20)33-2/h3-14,16,30H,1,15H2,2H3,(H,27,28,29). The number of ether oxygens (including phenoxy) is 1. The number of nitrogens with one attached hydrogen (secondary N) is 2. The quantitative estimate of drug-likeness (QED) is 0.328. The molecule has 34 heavy (non-hydrogen) atoms. The van der Waals surface area contributed by atoms with Crippen LogP contribution in [0, 0.1) is 6.92 Å². The second-order valence-corrected chi connectivity index (χ2v) is 9.62. The van der Waals surface area contributed by atoms with E-state index in [-0.39, 0.29) is 5.75 Å². The summed E-state index contributed by atoms with van der Waals surface area (Å²) in [5.74, 6) is 1.04. The Bertz CT molecular complexity index is 1430. The molecule has 4 rings (SSSR count). The molecule has 1 heterocycles. The number of para-hydroxylation sites is 1. The van der Waals surface area contributed by atoms with Crippen molar-refractivity contribution < 1.29 is 13.2 Å². The summed E-state index contributed by atoms with van der Waals surface area (Å²) in [4.78, 5) is 8.62. The molecule has 173 valence electrons. The van der Waals surface area contributed by atoms with Crippen molar-refractivity contribution in [3.05, 3.63) is 102 Å². The Morgan fingerprint density at radius 1 is 1.00 bits per heavy atom. The van der Waals surface area contributed by atoms with Gasteiger partial charge in [0.05, 0.1) is 29.3 Å². The van der Waals surface area contributed by atoms with Gasteiger partial charge in [-0.3, -0.25) is 4.72 Å². The lowest BCUT2D eigenvalue weighted by Crippen LogP contribution is -2.15. The SMILES string of the molecule is [CH2]c1ccc(Cl)c(NS(=O)(=O)Cc2cccc(Nc3cc(-c4ccccc4OC)ncn3)c2)c1. The van der Waals surface area contributed by atoms with E-state index in [2.05, 4.69) is 26.9 Å². The van der Waals surface area contributed by atoms with Gasteiger partial charge < -0.3 is 10.1 Å². The van der Waals surface area contributed by atoms with Gasteiger partial charge in [-0.05, 0) is 54.4 Å². The van der Waals surface area contributed by atoms with E-state index in [9.17, 15) is 8.42 Å². The molecule has 0 amide bonds. The monoisotopic (exact) mass is 493 g/mol. The summed E-state index contributed by atoms with van der Waals surface area (Å²) in [5.41, 5.74) is 3.78. The van der Waals surface area contributed by atoms with Crippen molar-refractivity contribution in [2.45, 2.75) is 5.75 Å². The largest absolute Gasteiger partial charge is 0.496 e. The minimum atomic E-state index is -3.70. The second-order valence-electron chi connectivity index (χ2n) is 7.49. The maximum absolute atomic E-state index is 12.7. The number of methoxy groups -OCH3 is 1. The van der Waals surface area contributed by atoms with Crippen LogP contribution in [-0.4, -0.2) is 25.5 Å². The van der Waals surface area contributed by atoms with E-state index in [1.807, 2.05) is 30.3 Å². The van der Waals surface area contributed by atoms with Gasteiger partial charge in [-0.15, -0.1) is 0 Å². The van der Waals surface area contributed by atoms with E-state index in [1.165, 1.54) is 6.33 Å². The van der Waals surface area contributed by atoms with Crippen LogP contribution < -0.4 is 14.8 Å². The molecular weight excluding hydrogens is 472 g/mol. The molecule has 9 heteroatoms. The highest BCUT2D eigenvalue weighted by molar-refractivity contribution is 7.91. The van der Waals surface area contributed by atoms with Gasteiger partial charge in [0.15, 0.2) is 0 Å². The van der Waals surface area contributed by atoms with Crippen molar-refractivity contribution in [1.82, 2.24) is 9.97 Å². The summed E-state index contributed by atoms with van der Waals surface area (Å²) in [7, 11) is -2.09. The molecule has 0 aliphatic heterocycles. The van der Waals surface area contributed by atoms with E-state index in [0.29, 0.717) is 44.8 Å². The topological polar surface area (TPSA) is 93.2 Å². The molecular formula is C25H22ClN4O3S. The summed E-state index contributed by atoms with van der Waals surface area (Å²) in [5, 5.41) is 3.51. The number of hydrogen-bond acceptors (Lipinski definition) is 6. The summed E-state index contributed by atoms with van der Waals surface area (Å²) < 4.78 is 33.4. The lowest BCUT2D eigenvalue weighted by Gasteiger charge is -2.12. The summed E-state index contributed by atoms with van der Waals surface area (Å²) in [6.07, 6.45) is 1.46. The Morgan fingerprint density at radius 3 is 2.65 bits per heavy atom. The minimum absolute atomic E-state index is 0.226. The van der Waals surface area contributed by atoms with E-state index >= 15 is 0 Å². The van der Waals surface area contributed by atoms with Gasteiger partial charge in [0.2, 0.25) is 10.0 Å². The van der Waals surface area contributed by atoms with Crippen molar-refractivity contribution >= 4 is 38.8 Å². The van der Waals surface area contributed by atoms with Gasteiger partial charge in [-0.2, -0.15) is 0 Å². The van der Waals surface area contributed by atoms with Crippen LogP contribution in [0.1, 0.15) is 11.1 Å². The Labute approximate surface area is 203 Å². The molecule has 1 aromatic heterocycles. The minimum Gasteiger partial charge on any atom is -0.496 e. The molecule has 0 unspecified atom stereocenters. The van der Waals surface area contributed by atoms with E-state index < -0.39 is 10.0 Å². The number of anilines is 3. The first-order chi connectivity index (χ1) is 16.3. The number of nitrogens with zero attached hydrogens (tertiary/aromatic N) is 2. The number of sulfonamides is 1. The molecule has 1 radical (unpaired) electrons. The van der Waals surface area contributed by atoms with Crippen LogP contribution in [0.3, 0.4) is 0 Å². The molecule has 3 aromatic carbocycles. The van der Waals surface area contributed by atoms with Crippen molar-refractivity contribution in [3.8, 4) is 17.0 Å². The molecule has 0 saturated carbocycles. The predicted molar refractivity (Wildman–Crippen MR) is 136 cm³/mol. The summed E-state index contributed by atoms with van der Waals surface area (Å²) in [6.45, 7) is 3.80. The molecule has 0 saturated heterocycles. The molecule has 7 nitrogen and oxygen atoms in total. The van der Waals surface area contributed by atoms with Crippen LogP contribution in [0.15, 0.2) is 79.1 Å². The van der Waals surface area contributed by atoms with Crippen LogP contribution in [0.25, 0.3) is 11.3 Å². The van der Waals surface area contributed by atoms with Crippen LogP contribution >= 0.6 is 11.6 Å². The van der Waals surface area contributed by atoms with E-state index in [0.717, 1.165) is 5.56 Å². The number of hydrogen-bond donors (Lipinski definition) is 2. The van der Waals surface area contributed by atoms with Crippen molar-refractivity contribution in [1.29, 1.82) is 0 Å². The predicted octanol–water partition coefficient (Wildman–Crippen LogP) is 5.67. The fourth-order valence-electron chi connectivity index (χ4n) is 3.39. The highest BCUT2D eigenvalue weighted by Gasteiger charge is 2.15. The molecule has 0 aliphatic rings. The zero-order valence-corrected chi connectivity index (χ0v) is 19.9. The van der Waals surface area contributed by atoms with Crippen LogP contribution in [0.4, 0.5) is 17.2 Å². The molecule has 0 aliphatic carbocycles. The zero-order chi connectivity index (χ0) is 24.1. The second kappa shape index (κ2) is 10.1. The van der Waals surface area contributed by atoms with Crippen LogP contribution in [-0.2, 0) is 15.8 Å². The maximum Gasteiger partial charge on any atom is 0.236 e. The maximum atomic E-state index is 12.7. The third-order valence-corrected chi connectivity index (χ3v) is 6.48. The average Bonchev–Trinajstić information content (AvgIpc) is 2.81. The Balaban J connectivity index is 1.52. The van der Waals surface area contributed by atoms with Gasteiger partial charge in [0.25, 0.3) is 0 Å². The molecule has 0 spiro atoms. The van der Waals surface area contributed by atoms with Gasteiger partial charge in [0.1, 0.15) is 17.9 Å². The van der Waals surface area contributed by atoms with E-state index in [4.69, 9.17) is 16.3 Å². The Hall–Kier alpha value is -3.62. The zero-order valence-electron chi connectivity index (χ0n) is 18.3. The van der Waals surface area contributed by atoms with Crippen LogP contribution in [0.2, 0.25) is 5.02 Å². The fraction of sp³-hybridized carbons (Fsp3) is 0.0800. The molecule has 2 N–H and O–H groups in total. The number of halogens is 1. The first-order valence-electron chi connectivity index (χ1n) is 10.3. The van der Waals surface area contributed by atoms with E-state index in [1.54, 1.807) is 49.6 Å². The van der Waals surface area contributed by atoms with Gasteiger partial charge in [-0.1, -0.05) is 41.9 Å².